The Morgan fingerprint density at radius 1 is 1.33 bits per heavy atom. The van der Waals surface area contributed by atoms with Gasteiger partial charge in [0.25, 0.3) is 0 Å². The highest BCUT2D eigenvalue weighted by molar-refractivity contribution is 5.91. The van der Waals surface area contributed by atoms with Crippen molar-refractivity contribution in [2.45, 2.75) is 12.8 Å². The van der Waals surface area contributed by atoms with Gasteiger partial charge in [0.15, 0.2) is 0 Å². The van der Waals surface area contributed by atoms with Crippen LogP contribution < -0.4 is 10.6 Å². The van der Waals surface area contributed by atoms with E-state index in [0.29, 0.717) is 5.92 Å². The van der Waals surface area contributed by atoms with E-state index in [9.17, 15) is 4.79 Å². The molecule has 21 heavy (non-hydrogen) atoms. The fraction of sp³-hybridized carbons (Fsp3) is 0.562. The number of carbonyl (C=O) groups excluding carboxylic acids is 1. The topological polar surface area (TPSA) is 53.6 Å². The third-order valence-corrected chi connectivity index (χ3v) is 3.76. The van der Waals surface area contributed by atoms with Gasteiger partial charge in [-0.25, -0.2) is 0 Å². The quantitative estimate of drug-likeness (QED) is 0.842. The number of ether oxygens (including phenoxy) is 1. The standard InChI is InChI=1S/C16H25N3O2/c1-19-9-3-4-13(11-19)10-17-14-5-7-15(8-6-14)18-16(20)12-21-2/h5-8,13,17H,3-4,9-12H2,1-2H3,(H,18,20). The van der Waals surface area contributed by atoms with Crippen LogP contribution in [0.3, 0.4) is 0 Å². The number of methoxy groups -OCH3 is 1. The molecule has 1 amide bonds. The highest BCUT2D eigenvalue weighted by Crippen LogP contribution is 2.18. The molecule has 1 atom stereocenters. The second kappa shape index (κ2) is 8.00. The number of carbonyl (C=O) groups is 1. The Kier molecular flexibility index (Phi) is 6.02. The van der Waals surface area contributed by atoms with Crippen LogP contribution in [0.25, 0.3) is 0 Å². The van der Waals surface area contributed by atoms with Crippen LogP contribution in [0.2, 0.25) is 0 Å². The average Bonchev–Trinajstić information content (AvgIpc) is 2.47. The molecule has 1 fully saturated rings. The molecule has 5 nitrogen and oxygen atoms in total. The summed E-state index contributed by atoms with van der Waals surface area (Å²) in [4.78, 5) is 13.8. The molecule has 2 rings (SSSR count). The Hall–Kier alpha value is -1.59. The number of piperidine rings is 1. The molecule has 1 aliphatic rings. The third-order valence-electron chi connectivity index (χ3n) is 3.76. The van der Waals surface area contributed by atoms with E-state index in [1.54, 1.807) is 0 Å². The first-order chi connectivity index (χ1) is 10.2. The first-order valence-electron chi connectivity index (χ1n) is 7.48. The zero-order valence-corrected chi connectivity index (χ0v) is 12.9. The molecule has 116 valence electrons. The van der Waals surface area contributed by atoms with E-state index < -0.39 is 0 Å². The van der Waals surface area contributed by atoms with Gasteiger partial charge in [-0.3, -0.25) is 4.79 Å². The molecule has 1 saturated heterocycles. The zero-order valence-electron chi connectivity index (χ0n) is 12.9. The number of amides is 1. The lowest BCUT2D eigenvalue weighted by atomic mass is 9.98. The normalized spacial score (nSPS) is 19.2. The molecule has 1 heterocycles. The van der Waals surface area contributed by atoms with Crippen LogP contribution in [-0.4, -0.2) is 51.2 Å². The fourth-order valence-electron chi connectivity index (χ4n) is 2.70. The molecule has 5 heteroatoms. The van der Waals surface area contributed by atoms with Crippen LogP contribution in [0.15, 0.2) is 24.3 Å². The van der Waals surface area contributed by atoms with Crippen molar-refractivity contribution in [1.82, 2.24) is 4.90 Å². The summed E-state index contributed by atoms with van der Waals surface area (Å²) in [5.41, 5.74) is 1.88. The van der Waals surface area contributed by atoms with Crippen molar-refractivity contribution in [3.63, 3.8) is 0 Å². The Bertz CT molecular complexity index is 447. The summed E-state index contributed by atoms with van der Waals surface area (Å²) in [6.45, 7) is 3.46. The lowest BCUT2D eigenvalue weighted by Crippen LogP contribution is -2.35. The van der Waals surface area contributed by atoms with Crippen LogP contribution in [0, 0.1) is 5.92 Å². The van der Waals surface area contributed by atoms with Crippen LogP contribution in [-0.2, 0) is 9.53 Å². The summed E-state index contributed by atoms with van der Waals surface area (Å²) in [5, 5.41) is 6.26. The number of rotatable bonds is 6. The lowest BCUT2D eigenvalue weighted by Gasteiger charge is -2.30. The van der Waals surface area contributed by atoms with E-state index in [4.69, 9.17) is 4.74 Å². The Labute approximate surface area is 126 Å². The summed E-state index contributed by atoms with van der Waals surface area (Å²) in [6, 6.07) is 7.80. The number of nitrogens with one attached hydrogen (secondary N) is 2. The van der Waals surface area contributed by atoms with E-state index in [1.807, 2.05) is 24.3 Å². The monoisotopic (exact) mass is 291 g/mol. The van der Waals surface area contributed by atoms with E-state index in [0.717, 1.165) is 24.5 Å². The molecule has 1 unspecified atom stereocenters. The molecule has 0 spiro atoms. The third kappa shape index (κ3) is 5.36. The molecular weight excluding hydrogens is 266 g/mol. The number of hydrogen-bond acceptors (Lipinski definition) is 4. The van der Waals surface area contributed by atoms with Crippen molar-refractivity contribution in [2.24, 2.45) is 5.92 Å². The van der Waals surface area contributed by atoms with Gasteiger partial charge >= 0.3 is 0 Å². The fourth-order valence-corrected chi connectivity index (χ4v) is 2.70. The molecule has 0 saturated carbocycles. The van der Waals surface area contributed by atoms with E-state index in [-0.39, 0.29) is 12.5 Å². The van der Waals surface area contributed by atoms with Gasteiger partial charge in [0.1, 0.15) is 6.61 Å². The molecule has 1 aromatic rings. The summed E-state index contributed by atoms with van der Waals surface area (Å²) in [7, 11) is 3.69. The first kappa shape index (κ1) is 15.8. The van der Waals surface area contributed by atoms with Crippen molar-refractivity contribution >= 4 is 17.3 Å². The van der Waals surface area contributed by atoms with Gasteiger partial charge in [0.2, 0.25) is 5.91 Å². The predicted molar refractivity (Wildman–Crippen MR) is 85.7 cm³/mol. The van der Waals surface area contributed by atoms with Crippen molar-refractivity contribution in [3.05, 3.63) is 24.3 Å². The summed E-state index contributed by atoms with van der Waals surface area (Å²) < 4.78 is 4.79. The number of anilines is 2. The highest BCUT2D eigenvalue weighted by Gasteiger charge is 2.16. The van der Waals surface area contributed by atoms with E-state index in [1.165, 1.54) is 26.5 Å². The number of benzene rings is 1. The number of hydrogen-bond donors (Lipinski definition) is 2. The van der Waals surface area contributed by atoms with Crippen LogP contribution in [0.4, 0.5) is 11.4 Å². The average molecular weight is 291 g/mol. The molecule has 1 aromatic carbocycles. The molecule has 0 bridgehead atoms. The Balaban J connectivity index is 1.78. The van der Waals surface area contributed by atoms with Gasteiger partial charge < -0.3 is 20.3 Å². The van der Waals surface area contributed by atoms with Crippen molar-refractivity contribution in [3.8, 4) is 0 Å². The lowest BCUT2D eigenvalue weighted by molar-refractivity contribution is -0.119. The minimum absolute atomic E-state index is 0.0786. The Morgan fingerprint density at radius 3 is 2.71 bits per heavy atom. The molecule has 2 N–H and O–H groups in total. The molecule has 0 aliphatic carbocycles. The minimum atomic E-state index is -0.136. The van der Waals surface area contributed by atoms with Crippen molar-refractivity contribution in [2.75, 3.05) is 51.0 Å². The molecular formula is C16H25N3O2. The van der Waals surface area contributed by atoms with Gasteiger partial charge in [0.05, 0.1) is 0 Å². The maximum absolute atomic E-state index is 11.4. The van der Waals surface area contributed by atoms with Gasteiger partial charge in [-0.15, -0.1) is 0 Å². The second-order valence-corrected chi connectivity index (χ2v) is 5.71. The molecule has 0 aromatic heterocycles. The molecule has 0 radical (unpaired) electrons. The smallest absolute Gasteiger partial charge is 0.250 e. The summed E-state index contributed by atoms with van der Waals surface area (Å²) in [5.74, 6) is 0.577. The maximum Gasteiger partial charge on any atom is 0.250 e. The van der Waals surface area contributed by atoms with Gasteiger partial charge in [-0.1, -0.05) is 0 Å². The Morgan fingerprint density at radius 2 is 2.05 bits per heavy atom. The van der Waals surface area contributed by atoms with Crippen LogP contribution in [0.1, 0.15) is 12.8 Å². The predicted octanol–water partition coefficient (Wildman–Crippen LogP) is 2.03. The van der Waals surface area contributed by atoms with Gasteiger partial charge in [0, 0.05) is 31.6 Å². The maximum atomic E-state index is 11.4. The summed E-state index contributed by atoms with van der Waals surface area (Å²) in [6.07, 6.45) is 2.58. The number of nitrogens with zero attached hydrogens (tertiary/aromatic N) is 1. The van der Waals surface area contributed by atoms with Crippen molar-refractivity contribution in [1.29, 1.82) is 0 Å². The second-order valence-electron chi connectivity index (χ2n) is 5.71. The zero-order chi connectivity index (χ0) is 15.1. The van der Waals surface area contributed by atoms with Gasteiger partial charge in [-0.2, -0.15) is 0 Å². The largest absolute Gasteiger partial charge is 0.385 e. The van der Waals surface area contributed by atoms with Crippen molar-refractivity contribution < 1.29 is 9.53 Å². The van der Waals surface area contributed by atoms with Gasteiger partial charge in [-0.05, 0) is 56.6 Å². The minimum Gasteiger partial charge on any atom is -0.385 e. The van der Waals surface area contributed by atoms with E-state index in [2.05, 4.69) is 22.6 Å². The highest BCUT2D eigenvalue weighted by atomic mass is 16.5. The molecule has 1 aliphatic heterocycles. The van der Waals surface area contributed by atoms with E-state index >= 15 is 0 Å². The first-order valence-corrected chi connectivity index (χ1v) is 7.48. The van der Waals surface area contributed by atoms with Crippen LogP contribution in [0.5, 0.6) is 0 Å². The van der Waals surface area contributed by atoms with Crippen LogP contribution >= 0.6 is 0 Å². The number of likely N-dealkylation sites (tertiary alicyclic amines) is 1. The summed E-state index contributed by atoms with van der Waals surface area (Å²) >= 11 is 0. The SMILES string of the molecule is COCC(=O)Nc1ccc(NCC2CCCN(C)C2)cc1.